The lowest BCUT2D eigenvalue weighted by Crippen LogP contribution is -2.21. The van der Waals surface area contributed by atoms with Crippen molar-refractivity contribution in [2.75, 3.05) is 0 Å². The Morgan fingerprint density at radius 1 is 1.18 bits per heavy atom. The summed E-state index contributed by atoms with van der Waals surface area (Å²) in [4.78, 5) is 0. The highest BCUT2D eigenvalue weighted by molar-refractivity contribution is 6.20. The number of alkyl halides is 1. The van der Waals surface area contributed by atoms with Crippen LogP contribution >= 0.6 is 11.6 Å². The van der Waals surface area contributed by atoms with Crippen molar-refractivity contribution in [3.63, 3.8) is 0 Å². The first-order valence-electron chi connectivity index (χ1n) is 6.17. The van der Waals surface area contributed by atoms with Crippen molar-refractivity contribution in [2.24, 2.45) is 11.3 Å². The normalized spacial score (nSPS) is 15.6. The average molecular weight is 257 g/mol. The lowest BCUT2D eigenvalue weighted by molar-refractivity contribution is 0.244. The maximum absolute atomic E-state index is 12.8. The van der Waals surface area contributed by atoms with Crippen LogP contribution in [0.2, 0.25) is 0 Å². The summed E-state index contributed by atoms with van der Waals surface area (Å²) in [5.41, 5.74) is 1.39. The zero-order valence-corrected chi connectivity index (χ0v) is 11.9. The molecule has 2 unspecified atom stereocenters. The number of rotatable bonds is 4. The molecule has 0 radical (unpaired) electrons. The van der Waals surface area contributed by atoms with Crippen molar-refractivity contribution in [3.8, 4) is 0 Å². The van der Waals surface area contributed by atoms with E-state index in [4.69, 9.17) is 11.6 Å². The van der Waals surface area contributed by atoms with E-state index < -0.39 is 0 Å². The Kier molecular flexibility index (Phi) is 5.00. The Labute approximate surface area is 109 Å². The Hall–Kier alpha value is -0.560. The predicted molar refractivity (Wildman–Crippen MR) is 73.0 cm³/mol. The van der Waals surface area contributed by atoms with E-state index >= 15 is 0 Å². The van der Waals surface area contributed by atoms with Crippen LogP contribution < -0.4 is 0 Å². The highest BCUT2D eigenvalue weighted by Gasteiger charge is 2.22. The summed E-state index contributed by atoms with van der Waals surface area (Å²) in [5, 5.41) is 0.120. The molecule has 0 nitrogen and oxygen atoms in total. The molecule has 0 saturated carbocycles. The molecule has 0 aliphatic rings. The number of hydrogen-bond acceptors (Lipinski definition) is 0. The molecule has 1 aromatic carbocycles. The molecule has 0 fully saturated rings. The van der Waals surface area contributed by atoms with Gasteiger partial charge < -0.3 is 0 Å². The topological polar surface area (TPSA) is 0 Å². The van der Waals surface area contributed by atoms with Gasteiger partial charge in [0.05, 0.1) is 0 Å². The minimum Gasteiger partial charge on any atom is -0.207 e. The van der Waals surface area contributed by atoms with E-state index in [9.17, 15) is 4.39 Å². The second kappa shape index (κ2) is 5.86. The maximum atomic E-state index is 12.8. The van der Waals surface area contributed by atoms with E-state index in [1.165, 1.54) is 12.1 Å². The summed E-state index contributed by atoms with van der Waals surface area (Å²) >= 11 is 6.36. The molecule has 17 heavy (non-hydrogen) atoms. The summed E-state index contributed by atoms with van der Waals surface area (Å²) in [6.45, 7) is 8.94. The average Bonchev–Trinajstić information content (AvgIpc) is 2.20. The second-order valence-corrected chi connectivity index (χ2v) is 6.55. The Balaban J connectivity index is 2.50. The quantitative estimate of drug-likeness (QED) is 0.662. The van der Waals surface area contributed by atoms with Gasteiger partial charge >= 0.3 is 0 Å². The molecule has 0 aromatic heterocycles. The van der Waals surface area contributed by atoms with Gasteiger partial charge in [-0.1, -0.05) is 39.8 Å². The van der Waals surface area contributed by atoms with Crippen LogP contribution in [-0.4, -0.2) is 5.38 Å². The van der Waals surface area contributed by atoms with Crippen LogP contribution in [0, 0.1) is 17.2 Å². The van der Waals surface area contributed by atoms with E-state index in [2.05, 4.69) is 27.7 Å². The van der Waals surface area contributed by atoms with Gasteiger partial charge in [-0.15, -0.1) is 11.6 Å². The molecule has 0 aliphatic carbocycles. The Morgan fingerprint density at radius 3 is 2.18 bits per heavy atom. The Bertz CT molecular complexity index is 337. The monoisotopic (exact) mass is 256 g/mol. The summed E-state index contributed by atoms with van der Waals surface area (Å²) in [6, 6.07) is 6.61. The van der Waals surface area contributed by atoms with Crippen molar-refractivity contribution in [3.05, 3.63) is 35.6 Å². The van der Waals surface area contributed by atoms with Gasteiger partial charge in [0.15, 0.2) is 0 Å². The minimum atomic E-state index is -0.192. The number of halogens is 2. The molecule has 2 heteroatoms. The van der Waals surface area contributed by atoms with Crippen LogP contribution in [0.5, 0.6) is 0 Å². The first kappa shape index (κ1) is 14.5. The standard InChI is InChI=1S/C15H22ClF/c1-11(15(2,3)4)9-13(16)10-12-5-7-14(17)8-6-12/h5-8,11,13H,9-10H2,1-4H3. The lowest BCUT2D eigenvalue weighted by Gasteiger charge is -2.28. The largest absolute Gasteiger partial charge is 0.207 e. The molecule has 0 bridgehead atoms. The van der Waals surface area contributed by atoms with Gasteiger partial charge in [-0.05, 0) is 41.9 Å². The summed E-state index contributed by atoms with van der Waals surface area (Å²) in [7, 11) is 0. The molecule has 1 rings (SSSR count). The third kappa shape index (κ3) is 5.08. The third-order valence-electron chi connectivity index (χ3n) is 3.46. The molecule has 1 aromatic rings. The van der Waals surface area contributed by atoms with Gasteiger partial charge in [-0.3, -0.25) is 0 Å². The Morgan fingerprint density at radius 2 is 1.71 bits per heavy atom. The minimum absolute atomic E-state index is 0.120. The van der Waals surface area contributed by atoms with Gasteiger partial charge in [0.1, 0.15) is 5.82 Å². The SMILES string of the molecule is CC(CC(Cl)Cc1ccc(F)cc1)C(C)(C)C. The number of benzene rings is 1. The molecular weight excluding hydrogens is 235 g/mol. The third-order valence-corrected chi connectivity index (χ3v) is 3.79. The molecular formula is C15H22ClF. The van der Waals surface area contributed by atoms with Gasteiger partial charge in [0, 0.05) is 5.38 Å². The van der Waals surface area contributed by atoms with Crippen LogP contribution in [0.3, 0.4) is 0 Å². The van der Waals surface area contributed by atoms with E-state index in [1.807, 2.05) is 12.1 Å². The number of hydrogen-bond donors (Lipinski definition) is 0. The van der Waals surface area contributed by atoms with Gasteiger partial charge in [-0.2, -0.15) is 0 Å². The first-order chi connectivity index (χ1) is 7.79. The molecule has 2 atom stereocenters. The molecule has 96 valence electrons. The summed E-state index contributed by atoms with van der Waals surface area (Å²) in [5.74, 6) is 0.383. The molecule has 0 heterocycles. The highest BCUT2D eigenvalue weighted by atomic mass is 35.5. The highest BCUT2D eigenvalue weighted by Crippen LogP contribution is 2.31. The maximum Gasteiger partial charge on any atom is 0.123 e. The first-order valence-corrected chi connectivity index (χ1v) is 6.61. The van der Waals surface area contributed by atoms with E-state index in [0.717, 1.165) is 18.4 Å². The fourth-order valence-corrected chi connectivity index (χ4v) is 2.14. The lowest BCUT2D eigenvalue weighted by atomic mass is 9.79. The fraction of sp³-hybridized carbons (Fsp3) is 0.600. The van der Waals surface area contributed by atoms with E-state index in [1.54, 1.807) is 0 Å². The molecule has 0 amide bonds. The molecule has 0 aliphatic heterocycles. The van der Waals surface area contributed by atoms with Gasteiger partial charge in [0.25, 0.3) is 0 Å². The van der Waals surface area contributed by atoms with Crippen LogP contribution in [0.1, 0.15) is 39.7 Å². The summed E-state index contributed by atoms with van der Waals surface area (Å²) < 4.78 is 12.8. The van der Waals surface area contributed by atoms with Crippen molar-refractivity contribution in [1.29, 1.82) is 0 Å². The van der Waals surface area contributed by atoms with Gasteiger partial charge in [-0.25, -0.2) is 4.39 Å². The molecule has 0 N–H and O–H groups in total. The van der Waals surface area contributed by atoms with Crippen LogP contribution in [0.25, 0.3) is 0 Å². The zero-order valence-electron chi connectivity index (χ0n) is 11.1. The smallest absolute Gasteiger partial charge is 0.123 e. The van der Waals surface area contributed by atoms with Crippen LogP contribution in [0.15, 0.2) is 24.3 Å². The van der Waals surface area contributed by atoms with E-state index in [-0.39, 0.29) is 16.6 Å². The van der Waals surface area contributed by atoms with Gasteiger partial charge in [0.2, 0.25) is 0 Å². The zero-order chi connectivity index (χ0) is 13.1. The molecule has 0 saturated heterocycles. The van der Waals surface area contributed by atoms with Crippen molar-refractivity contribution in [1.82, 2.24) is 0 Å². The van der Waals surface area contributed by atoms with E-state index in [0.29, 0.717) is 5.92 Å². The second-order valence-electron chi connectivity index (χ2n) is 5.93. The van der Waals surface area contributed by atoms with Crippen LogP contribution in [0.4, 0.5) is 4.39 Å². The fourth-order valence-electron chi connectivity index (χ4n) is 1.70. The van der Waals surface area contributed by atoms with Crippen molar-refractivity contribution < 1.29 is 4.39 Å². The summed E-state index contributed by atoms with van der Waals surface area (Å²) in [6.07, 6.45) is 1.80. The van der Waals surface area contributed by atoms with Crippen molar-refractivity contribution in [2.45, 2.75) is 45.9 Å². The molecule has 0 spiro atoms. The van der Waals surface area contributed by atoms with Crippen molar-refractivity contribution >= 4 is 11.6 Å². The van der Waals surface area contributed by atoms with Crippen LogP contribution in [-0.2, 0) is 6.42 Å². The predicted octanol–water partition coefficient (Wildman–Crippen LogP) is 5.05.